The molecule has 5 heteroatoms. The largest absolute Gasteiger partial charge is 0.481 e. The van der Waals surface area contributed by atoms with Crippen molar-refractivity contribution in [3.63, 3.8) is 0 Å². The predicted octanol–water partition coefficient (Wildman–Crippen LogP) is 2.97. The number of rotatable bonds is 6. The zero-order valence-electron chi connectivity index (χ0n) is 12.2. The van der Waals surface area contributed by atoms with Crippen molar-refractivity contribution in [3.05, 3.63) is 35.6 Å². The lowest BCUT2D eigenvalue weighted by molar-refractivity contribution is -0.141. The molecule has 112 valence electrons. The maximum atomic E-state index is 12.1. The Hall–Kier alpha value is -2.30. The summed E-state index contributed by atoms with van der Waals surface area (Å²) in [5, 5.41) is 12.6. The number of nitrogens with one attached hydrogen (secondary N) is 1. The molecule has 0 bridgehead atoms. The Kier molecular flexibility index (Phi) is 4.62. The number of para-hydroxylation sites is 1. The molecular weight excluding hydrogens is 270 g/mol. The minimum atomic E-state index is -0.891. The van der Waals surface area contributed by atoms with Crippen molar-refractivity contribution < 1.29 is 19.1 Å². The van der Waals surface area contributed by atoms with E-state index in [0.717, 1.165) is 17.4 Å². The average molecular weight is 289 g/mol. The van der Waals surface area contributed by atoms with Gasteiger partial charge in [0.1, 0.15) is 5.58 Å². The Balaban J connectivity index is 2.08. The van der Waals surface area contributed by atoms with E-state index < -0.39 is 11.9 Å². The van der Waals surface area contributed by atoms with E-state index in [0.29, 0.717) is 12.0 Å². The van der Waals surface area contributed by atoms with Gasteiger partial charge >= 0.3 is 5.97 Å². The molecule has 1 heterocycles. The molecule has 0 aliphatic rings. The molecule has 1 atom stereocenters. The summed E-state index contributed by atoms with van der Waals surface area (Å²) >= 11 is 0. The molecule has 1 unspecified atom stereocenters. The topological polar surface area (TPSA) is 79.5 Å². The third-order valence-corrected chi connectivity index (χ3v) is 3.46. The van der Waals surface area contributed by atoms with E-state index in [9.17, 15) is 9.59 Å². The summed E-state index contributed by atoms with van der Waals surface area (Å²) in [5.74, 6) is -1.63. The highest BCUT2D eigenvalue weighted by Gasteiger charge is 2.19. The van der Waals surface area contributed by atoms with Gasteiger partial charge in [-0.3, -0.25) is 9.59 Å². The van der Waals surface area contributed by atoms with E-state index in [1.165, 1.54) is 0 Å². The van der Waals surface area contributed by atoms with E-state index >= 15 is 0 Å². The van der Waals surface area contributed by atoms with Crippen LogP contribution in [0.25, 0.3) is 11.0 Å². The second-order valence-corrected chi connectivity index (χ2v) is 5.14. The van der Waals surface area contributed by atoms with Crippen LogP contribution >= 0.6 is 0 Å². The van der Waals surface area contributed by atoms with Gasteiger partial charge in [-0.2, -0.15) is 0 Å². The van der Waals surface area contributed by atoms with Gasteiger partial charge in [-0.15, -0.1) is 0 Å². The lowest BCUT2D eigenvalue weighted by Crippen LogP contribution is -2.32. The van der Waals surface area contributed by atoms with Gasteiger partial charge in [-0.1, -0.05) is 31.5 Å². The number of hydrogen-bond acceptors (Lipinski definition) is 3. The highest BCUT2D eigenvalue weighted by Crippen LogP contribution is 2.22. The number of hydrogen-bond donors (Lipinski definition) is 2. The molecule has 2 aromatic rings. The first-order valence-electron chi connectivity index (χ1n) is 7.03. The van der Waals surface area contributed by atoms with Crippen LogP contribution in [0.5, 0.6) is 0 Å². The van der Waals surface area contributed by atoms with Crippen molar-refractivity contribution in [2.45, 2.75) is 26.7 Å². The number of benzene rings is 1. The SMILES string of the molecule is CCCC(CNC(=O)c1cc2cccc(C)c2o1)C(=O)O. The average Bonchev–Trinajstić information content (AvgIpc) is 2.88. The Morgan fingerprint density at radius 2 is 2.14 bits per heavy atom. The van der Waals surface area contributed by atoms with Crippen LogP contribution in [0.3, 0.4) is 0 Å². The normalized spacial score (nSPS) is 12.3. The van der Waals surface area contributed by atoms with Crippen molar-refractivity contribution in [2.75, 3.05) is 6.54 Å². The van der Waals surface area contributed by atoms with E-state index in [1.54, 1.807) is 6.07 Å². The third-order valence-electron chi connectivity index (χ3n) is 3.46. The van der Waals surface area contributed by atoms with Crippen LogP contribution in [-0.4, -0.2) is 23.5 Å². The summed E-state index contributed by atoms with van der Waals surface area (Å²) in [5.41, 5.74) is 1.65. The molecule has 0 saturated heterocycles. The minimum Gasteiger partial charge on any atom is -0.481 e. The number of carbonyl (C=O) groups is 2. The van der Waals surface area contributed by atoms with Gasteiger partial charge in [0.2, 0.25) is 0 Å². The van der Waals surface area contributed by atoms with E-state index in [4.69, 9.17) is 9.52 Å². The number of fused-ring (bicyclic) bond motifs is 1. The number of aliphatic carboxylic acids is 1. The summed E-state index contributed by atoms with van der Waals surface area (Å²) in [6, 6.07) is 7.36. The first kappa shape index (κ1) is 15.1. The number of carboxylic acid groups (broad SMARTS) is 1. The van der Waals surface area contributed by atoms with E-state index in [1.807, 2.05) is 32.0 Å². The number of amides is 1. The molecule has 0 saturated carbocycles. The van der Waals surface area contributed by atoms with E-state index in [2.05, 4.69) is 5.32 Å². The van der Waals surface area contributed by atoms with Crippen LogP contribution in [0, 0.1) is 12.8 Å². The van der Waals surface area contributed by atoms with Gasteiger partial charge in [0.15, 0.2) is 5.76 Å². The van der Waals surface area contributed by atoms with Gasteiger partial charge in [-0.25, -0.2) is 0 Å². The fraction of sp³-hybridized carbons (Fsp3) is 0.375. The number of furan rings is 1. The molecule has 2 rings (SSSR count). The molecule has 0 aliphatic carbocycles. The summed E-state index contributed by atoms with van der Waals surface area (Å²) in [6.07, 6.45) is 1.30. The van der Waals surface area contributed by atoms with Crippen LogP contribution < -0.4 is 5.32 Å². The fourth-order valence-corrected chi connectivity index (χ4v) is 2.29. The lowest BCUT2D eigenvalue weighted by Gasteiger charge is -2.11. The van der Waals surface area contributed by atoms with Crippen LogP contribution in [0.2, 0.25) is 0 Å². The van der Waals surface area contributed by atoms with Crippen molar-refractivity contribution in [1.29, 1.82) is 0 Å². The molecule has 1 amide bonds. The van der Waals surface area contributed by atoms with Crippen molar-refractivity contribution in [3.8, 4) is 0 Å². The first-order chi connectivity index (χ1) is 10.0. The Morgan fingerprint density at radius 3 is 2.76 bits per heavy atom. The number of carbonyl (C=O) groups excluding carboxylic acids is 1. The summed E-state index contributed by atoms with van der Waals surface area (Å²) in [7, 11) is 0. The molecule has 1 aromatic carbocycles. The maximum absolute atomic E-state index is 12.1. The summed E-state index contributed by atoms with van der Waals surface area (Å²) < 4.78 is 5.55. The quantitative estimate of drug-likeness (QED) is 0.856. The zero-order chi connectivity index (χ0) is 15.4. The molecule has 21 heavy (non-hydrogen) atoms. The van der Waals surface area contributed by atoms with Gasteiger partial charge in [-0.05, 0) is 25.0 Å². The predicted molar refractivity (Wildman–Crippen MR) is 79.3 cm³/mol. The van der Waals surface area contributed by atoms with Gasteiger partial charge in [0.05, 0.1) is 5.92 Å². The van der Waals surface area contributed by atoms with Gasteiger partial charge in [0, 0.05) is 11.9 Å². The van der Waals surface area contributed by atoms with Crippen molar-refractivity contribution in [2.24, 2.45) is 5.92 Å². The number of aryl methyl sites for hydroxylation is 1. The molecule has 0 aliphatic heterocycles. The number of carboxylic acids is 1. The molecule has 0 radical (unpaired) electrons. The standard InChI is InChI=1S/C16H19NO4/c1-3-5-12(16(19)20)9-17-15(18)13-8-11-7-4-6-10(2)14(11)21-13/h4,6-8,12H,3,5,9H2,1-2H3,(H,17,18)(H,19,20). The molecule has 1 aromatic heterocycles. The maximum Gasteiger partial charge on any atom is 0.308 e. The van der Waals surface area contributed by atoms with Crippen molar-refractivity contribution in [1.82, 2.24) is 5.32 Å². The smallest absolute Gasteiger partial charge is 0.308 e. The first-order valence-corrected chi connectivity index (χ1v) is 7.03. The highest BCUT2D eigenvalue weighted by atomic mass is 16.4. The molecule has 2 N–H and O–H groups in total. The van der Waals surface area contributed by atoms with Crippen LogP contribution in [0.4, 0.5) is 0 Å². The fourth-order valence-electron chi connectivity index (χ4n) is 2.29. The Labute approximate surface area is 122 Å². The van der Waals surface area contributed by atoms with Crippen LogP contribution in [0.1, 0.15) is 35.9 Å². The van der Waals surface area contributed by atoms with E-state index in [-0.39, 0.29) is 18.2 Å². The lowest BCUT2D eigenvalue weighted by atomic mass is 10.0. The minimum absolute atomic E-state index is 0.109. The van der Waals surface area contributed by atoms with Crippen LogP contribution in [-0.2, 0) is 4.79 Å². The van der Waals surface area contributed by atoms with Crippen molar-refractivity contribution >= 4 is 22.8 Å². The Morgan fingerprint density at radius 1 is 1.38 bits per heavy atom. The molecule has 0 fully saturated rings. The van der Waals surface area contributed by atoms with Gasteiger partial charge in [0.25, 0.3) is 5.91 Å². The monoisotopic (exact) mass is 289 g/mol. The van der Waals surface area contributed by atoms with Gasteiger partial charge < -0.3 is 14.8 Å². The van der Waals surface area contributed by atoms with Crippen LogP contribution in [0.15, 0.2) is 28.7 Å². The third kappa shape index (κ3) is 3.42. The highest BCUT2D eigenvalue weighted by molar-refractivity contribution is 5.96. The Bertz CT molecular complexity index is 659. The second-order valence-electron chi connectivity index (χ2n) is 5.14. The molecular formula is C16H19NO4. The second kappa shape index (κ2) is 6.43. The zero-order valence-corrected chi connectivity index (χ0v) is 12.2. The summed E-state index contributed by atoms with van der Waals surface area (Å²) in [4.78, 5) is 23.1. The summed E-state index contributed by atoms with van der Waals surface area (Å²) in [6.45, 7) is 3.94. The molecule has 0 spiro atoms. The molecule has 5 nitrogen and oxygen atoms in total.